The largest absolute Gasteiger partial charge is 0.310 e. The van der Waals surface area contributed by atoms with Crippen molar-refractivity contribution >= 4 is 17.1 Å². The molecule has 9 rings (SSSR count). The van der Waals surface area contributed by atoms with Gasteiger partial charge in [0.2, 0.25) is 0 Å². The summed E-state index contributed by atoms with van der Waals surface area (Å²) >= 11 is 0. The molecule has 3 aliphatic rings. The molecule has 0 saturated carbocycles. The fourth-order valence-corrected chi connectivity index (χ4v) is 7.50. The zero-order chi connectivity index (χ0) is 25.7. The lowest BCUT2D eigenvalue weighted by Gasteiger charge is -2.30. The number of halogens is 1. The number of para-hydroxylation sites is 1. The highest BCUT2D eigenvalue weighted by Gasteiger charge is 2.57. The lowest BCUT2D eigenvalue weighted by molar-refractivity contribution is 0.628. The zero-order valence-corrected chi connectivity index (χ0v) is 21.0. The summed E-state index contributed by atoms with van der Waals surface area (Å²) in [5.41, 5.74) is 16.2. The van der Waals surface area contributed by atoms with Gasteiger partial charge in [-0.1, -0.05) is 84.9 Å². The van der Waals surface area contributed by atoms with Crippen molar-refractivity contribution in [2.24, 2.45) is 0 Å². The van der Waals surface area contributed by atoms with Crippen molar-refractivity contribution in [2.75, 3.05) is 4.90 Å². The average Bonchev–Trinajstić information content (AvgIpc) is 3.58. The van der Waals surface area contributed by atoms with Crippen molar-refractivity contribution < 1.29 is 4.39 Å². The maximum atomic E-state index is 14.0. The van der Waals surface area contributed by atoms with Gasteiger partial charge in [0.05, 0.1) is 5.41 Å². The lowest BCUT2D eigenvalue weighted by Crippen LogP contribution is -2.23. The molecule has 1 unspecified atom stereocenters. The normalized spacial score (nSPS) is 16.4. The van der Waals surface area contributed by atoms with E-state index in [9.17, 15) is 4.39 Å². The Labute approximate surface area is 226 Å². The Morgan fingerprint density at radius 3 is 1.62 bits per heavy atom. The van der Waals surface area contributed by atoms with E-state index in [2.05, 4.69) is 95.9 Å². The molecule has 182 valence electrons. The van der Waals surface area contributed by atoms with Crippen LogP contribution in [0.5, 0.6) is 0 Å². The molecule has 0 amide bonds. The molecule has 0 saturated heterocycles. The highest BCUT2D eigenvalue weighted by molar-refractivity contribution is 6.06. The van der Waals surface area contributed by atoms with Gasteiger partial charge < -0.3 is 4.90 Å². The summed E-state index contributed by atoms with van der Waals surface area (Å²) in [5.74, 6) is -0.236. The summed E-state index contributed by atoms with van der Waals surface area (Å²) in [6.07, 6.45) is 0. The van der Waals surface area contributed by atoms with Crippen LogP contribution >= 0.6 is 0 Å². The second-order valence-electron chi connectivity index (χ2n) is 10.6. The van der Waals surface area contributed by atoms with Crippen LogP contribution in [0.4, 0.5) is 21.5 Å². The van der Waals surface area contributed by atoms with E-state index in [-0.39, 0.29) is 11.2 Å². The van der Waals surface area contributed by atoms with Crippen LogP contribution in [0.25, 0.3) is 33.4 Å². The van der Waals surface area contributed by atoms with Gasteiger partial charge in [0.15, 0.2) is 0 Å². The molecule has 1 nitrogen and oxygen atoms in total. The molecule has 6 aromatic rings. The Bertz CT molecular complexity index is 1940. The van der Waals surface area contributed by atoms with Crippen LogP contribution in [0.1, 0.15) is 22.3 Å². The summed E-state index contributed by atoms with van der Waals surface area (Å²) in [6, 6.07) is 46.5. The summed E-state index contributed by atoms with van der Waals surface area (Å²) in [4.78, 5) is 2.23. The van der Waals surface area contributed by atoms with E-state index in [1.54, 1.807) is 0 Å². The Morgan fingerprint density at radius 1 is 0.410 bits per heavy atom. The maximum Gasteiger partial charge on any atom is 0.123 e. The van der Waals surface area contributed by atoms with Crippen molar-refractivity contribution in [1.29, 1.82) is 0 Å². The first-order valence-electron chi connectivity index (χ1n) is 13.4. The first-order chi connectivity index (χ1) is 19.3. The van der Waals surface area contributed by atoms with E-state index in [0.29, 0.717) is 0 Å². The van der Waals surface area contributed by atoms with Crippen LogP contribution in [0.15, 0.2) is 133 Å². The Kier molecular flexibility index (Phi) is 3.95. The Morgan fingerprint density at radius 2 is 0.923 bits per heavy atom. The van der Waals surface area contributed by atoms with Crippen LogP contribution in [0.3, 0.4) is 0 Å². The summed E-state index contributed by atoms with van der Waals surface area (Å²) in [7, 11) is 0. The number of rotatable bonds is 3. The van der Waals surface area contributed by atoms with Crippen molar-refractivity contribution in [3.05, 3.63) is 162 Å². The van der Waals surface area contributed by atoms with Crippen LogP contribution < -0.4 is 4.90 Å². The molecule has 1 atom stereocenters. The van der Waals surface area contributed by atoms with Gasteiger partial charge in [-0.3, -0.25) is 0 Å². The first kappa shape index (κ1) is 21.0. The fraction of sp³-hybridized carbons (Fsp3) is 0.0270. The molecular formula is C37H22FN. The summed E-state index contributed by atoms with van der Waals surface area (Å²) in [5, 5.41) is 0. The number of nitrogens with zero attached hydrogens (tertiary/aromatic N) is 1. The summed E-state index contributed by atoms with van der Waals surface area (Å²) < 4.78 is 14.0. The van der Waals surface area contributed by atoms with Gasteiger partial charge in [0.25, 0.3) is 0 Å². The summed E-state index contributed by atoms with van der Waals surface area (Å²) in [6.45, 7) is 0. The molecule has 0 fully saturated rings. The first-order valence-corrected chi connectivity index (χ1v) is 13.4. The second kappa shape index (κ2) is 7.33. The van der Waals surface area contributed by atoms with Gasteiger partial charge in [0, 0.05) is 17.1 Å². The Balaban J connectivity index is 1.37. The van der Waals surface area contributed by atoms with Crippen molar-refractivity contribution in [3.63, 3.8) is 0 Å². The molecule has 1 spiro atoms. The second-order valence-corrected chi connectivity index (χ2v) is 10.6. The molecule has 3 aliphatic carbocycles. The van der Waals surface area contributed by atoms with Gasteiger partial charge >= 0.3 is 0 Å². The van der Waals surface area contributed by atoms with Crippen LogP contribution in [-0.4, -0.2) is 0 Å². The van der Waals surface area contributed by atoms with E-state index in [1.807, 2.05) is 30.3 Å². The van der Waals surface area contributed by atoms with Crippen molar-refractivity contribution in [3.8, 4) is 33.4 Å². The van der Waals surface area contributed by atoms with E-state index in [4.69, 9.17) is 0 Å². The molecule has 0 aromatic heterocycles. The third-order valence-corrected chi connectivity index (χ3v) is 8.85. The average molecular weight is 500 g/mol. The molecule has 0 heterocycles. The highest BCUT2D eigenvalue weighted by Crippen LogP contribution is 2.70. The van der Waals surface area contributed by atoms with E-state index >= 15 is 0 Å². The van der Waals surface area contributed by atoms with Crippen LogP contribution in [0.2, 0.25) is 0 Å². The van der Waals surface area contributed by atoms with Crippen molar-refractivity contribution in [2.45, 2.75) is 5.41 Å². The van der Waals surface area contributed by atoms with E-state index in [1.165, 1.54) is 67.8 Å². The fourth-order valence-electron chi connectivity index (χ4n) is 7.50. The maximum absolute atomic E-state index is 14.0. The predicted molar refractivity (Wildman–Crippen MR) is 156 cm³/mol. The standard InChI is InChI=1S/C37H22FN/c38-23-16-18-25(19-17-23)39(24-8-2-1-3-9-24)26-20-21-28-30-12-7-14-32-31-13-6-11-29-27-10-4-5-15-33(27)37(35(29)31,36(30)32)34(28)22-26/h1-22H. The topological polar surface area (TPSA) is 3.24 Å². The zero-order valence-electron chi connectivity index (χ0n) is 21.0. The van der Waals surface area contributed by atoms with Gasteiger partial charge in [-0.15, -0.1) is 0 Å². The number of hydrogen-bond acceptors (Lipinski definition) is 1. The van der Waals surface area contributed by atoms with E-state index in [0.717, 1.165) is 17.1 Å². The third-order valence-electron chi connectivity index (χ3n) is 8.85. The molecule has 2 heteroatoms. The van der Waals surface area contributed by atoms with Gasteiger partial charge in [-0.25, -0.2) is 4.39 Å². The minimum absolute atomic E-state index is 0.236. The minimum Gasteiger partial charge on any atom is -0.310 e. The number of benzene rings is 6. The molecule has 6 aromatic carbocycles. The molecule has 0 radical (unpaired) electrons. The molecule has 39 heavy (non-hydrogen) atoms. The van der Waals surface area contributed by atoms with Gasteiger partial charge in [-0.2, -0.15) is 0 Å². The Hall–Kier alpha value is -4.95. The van der Waals surface area contributed by atoms with Gasteiger partial charge in [-0.05, 0) is 104 Å². The monoisotopic (exact) mass is 499 g/mol. The third kappa shape index (κ3) is 2.49. The number of anilines is 3. The quantitative estimate of drug-likeness (QED) is 0.234. The minimum atomic E-state index is -0.328. The molecule has 0 bridgehead atoms. The highest BCUT2D eigenvalue weighted by atomic mass is 19.1. The number of hydrogen-bond donors (Lipinski definition) is 0. The number of fused-ring (bicyclic) bond motifs is 5. The molecular weight excluding hydrogens is 477 g/mol. The molecule has 0 aliphatic heterocycles. The smallest absolute Gasteiger partial charge is 0.123 e. The molecule has 0 N–H and O–H groups in total. The van der Waals surface area contributed by atoms with Crippen molar-refractivity contribution in [1.82, 2.24) is 0 Å². The van der Waals surface area contributed by atoms with E-state index < -0.39 is 0 Å². The predicted octanol–water partition coefficient (Wildman–Crippen LogP) is 9.62. The van der Waals surface area contributed by atoms with Gasteiger partial charge in [0.1, 0.15) is 5.82 Å². The lowest BCUT2D eigenvalue weighted by atomic mass is 9.73. The SMILES string of the molecule is Fc1ccc(N(c2ccccc2)c2ccc3c(c2)C24c5ccccc5-c5cccc(c52)-c2cccc-3c24)cc1. The van der Waals surface area contributed by atoms with Crippen LogP contribution in [0, 0.1) is 5.82 Å². The van der Waals surface area contributed by atoms with Crippen LogP contribution in [-0.2, 0) is 5.41 Å².